The van der Waals surface area contributed by atoms with E-state index in [0.29, 0.717) is 51.4 Å². The number of aromatic nitrogens is 2. The van der Waals surface area contributed by atoms with Crippen molar-refractivity contribution >= 4 is 32.0 Å². The monoisotopic (exact) mass is 807 g/mol. The molecule has 1 amide bonds. The van der Waals surface area contributed by atoms with Gasteiger partial charge in [-0.1, -0.05) is 117 Å². The second-order valence-corrected chi connectivity index (χ2v) is 21.6. The second-order valence-electron chi connectivity index (χ2n) is 15.9. The Kier molecular flexibility index (Phi) is 13.0. The highest BCUT2D eigenvalue weighted by atomic mass is 32.2. The van der Waals surface area contributed by atoms with E-state index in [-0.39, 0.29) is 30.4 Å². The van der Waals surface area contributed by atoms with E-state index in [1.807, 2.05) is 104 Å². The Morgan fingerprint density at radius 2 is 1.46 bits per heavy atom. The molecule has 2 atom stereocenters. The maximum absolute atomic E-state index is 14.8. The minimum atomic E-state index is -2.40. The number of nitrogens with zero attached hydrogens (tertiary/aromatic N) is 2. The van der Waals surface area contributed by atoms with Crippen LogP contribution in [-0.4, -0.2) is 55.9 Å². The summed E-state index contributed by atoms with van der Waals surface area (Å²) in [5, 5.41) is 6.98. The van der Waals surface area contributed by atoms with Crippen LogP contribution in [0.2, 0.25) is 18.1 Å². The summed E-state index contributed by atoms with van der Waals surface area (Å²) >= 11 is 1.53. The first-order chi connectivity index (χ1) is 27.2. The number of benzene rings is 4. The Hall–Kier alpha value is -4.91. The van der Waals surface area contributed by atoms with Gasteiger partial charge in [0.25, 0.3) is 0 Å². The molecular formula is C45H53N3O7SSi. The third-order valence-corrected chi connectivity index (χ3v) is 16.3. The molecule has 0 fully saturated rings. The van der Waals surface area contributed by atoms with Crippen LogP contribution in [0, 0.1) is 13.8 Å². The number of nitrogens with one attached hydrogen (secondary N) is 1. The molecule has 0 spiro atoms. The first-order valence-corrected chi connectivity index (χ1v) is 23.4. The van der Waals surface area contributed by atoms with Crippen LogP contribution in [0.4, 0.5) is 0 Å². The fraction of sp³-hybridized carbons (Fsp3) is 0.378. The molecule has 0 aliphatic carbocycles. The van der Waals surface area contributed by atoms with Crippen molar-refractivity contribution in [2.75, 3.05) is 19.5 Å². The molecule has 6 rings (SSSR count). The molecule has 0 saturated carbocycles. The Labute approximate surface area is 341 Å². The second kappa shape index (κ2) is 17.7. The van der Waals surface area contributed by atoms with Gasteiger partial charge in [0.2, 0.25) is 20.1 Å². The molecule has 1 aliphatic rings. The largest absolute Gasteiger partial charge is 0.543 e. The number of hydrogen-bond donors (Lipinski definition) is 1. The third kappa shape index (κ3) is 9.29. The SMILES string of the molecule is COc1cc(O[Si](C)(C)C(C)(C)C)c2c(c1C)C(=O)O[C@H](COC(c1ccccc1)(c1ccccc1)c1ccccc1)CCC(=O)N[C@H](c1nc(C)no1)CSC2. The molecule has 1 aromatic heterocycles. The lowest BCUT2D eigenvalue weighted by Crippen LogP contribution is -2.44. The van der Waals surface area contributed by atoms with E-state index in [2.05, 4.69) is 49.3 Å². The normalized spacial score (nSPS) is 17.3. The Bertz CT molecular complexity index is 2040. The summed E-state index contributed by atoms with van der Waals surface area (Å²) in [5.41, 5.74) is 3.37. The molecule has 2 heterocycles. The maximum Gasteiger partial charge on any atom is 0.339 e. The fourth-order valence-corrected chi connectivity index (χ4v) is 8.89. The van der Waals surface area contributed by atoms with Crippen molar-refractivity contribution in [1.82, 2.24) is 15.5 Å². The summed E-state index contributed by atoms with van der Waals surface area (Å²) in [4.78, 5) is 33.0. The van der Waals surface area contributed by atoms with Gasteiger partial charge in [0.15, 0.2) is 5.82 Å². The van der Waals surface area contributed by atoms with Crippen LogP contribution in [0.25, 0.3) is 0 Å². The maximum atomic E-state index is 14.8. The van der Waals surface area contributed by atoms with E-state index in [1.54, 1.807) is 14.0 Å². The number of esters is 1. The van der Waals surface area contributed by atoms with Crippen molar-refractivity contribution in [2.24, 2.45) is 0 Å². The van der Waals surface area contributed by atoms with Gasteiger partial charge >= 0.3 is 5.97 Å². The Morgan fingerprint density at radius 1 is 0.877 bits per heavy atom. The van der Waals surface area contributed by atoms with E-state index in [0.717, 1.165) is 16.7 Å². The predicted octanol–water partition coefficient (Wildman–Crippen LogP) is 9.50. The molecule has 1 N–H and O–H groups in total. The lowest BCUT2D eigenvalue weighted by atomic mass is 9.80. The van der Waals surface area contributed by atoms with Gasteiger partial charge in [-0.2, -0.15) is 16.7 Å². The lowest BCUT2D eigenvalue weighted by molar-refractivity contribution is -0.123. The number of methoxy groups -OCH3 is 1. The molecule has 12 heteroatoms. The Morgan fingerprint density at radius 3 is 1.96 bits per heavy atom. The van der Waals surface area contributed by atoms with Crippen LogP contribution < -0.4 is 14.5 Å². The van der Waals surface area contributed by atoms with E-state index < -0.39 is 32.0 Å². The smallest absolute Gasteiger partial charge is 0.339 e. The summed E-state index contributed by atoms with van der Waals surface area (Å²) in [6.07, 6.45) is -0.603. The van der Waals surface area contributed by atoms with Gasteiger partial charge in [0.1, 0.15) is 29.2 Å². The topological polar surface area (TPSA) is 122 Å². The third-order valence-electron chi connectivity index (χ3n) is 10.9. The molecule has 5 aromatic rings. The molecule has 1 aliphatic heterocycles. The van der Waals surface area contributed by atoms with Crippen molar-refractivity contribution < 1.29 is 32.7 Å². The van der Waals surface area contributed by atoms with E-state index in [1.165, 1.54) is 11.8 Å². The molecule has 0 radical (unpaired) electrons. The number of thioether (sulfide) groups is 1. The molecule has 10 nitrogen and oxygen atoms in total. The summed E-state index contributed by atoms with van der Waals surface area (Å²) < 4.78 is 32.0. The zero-order chi connectivity index (χ0) is 40.8. The average molecular weight is 808 g/mol. The number of ether oxygens (including phenoxy) is 3. The van der Waals surface area contributed by atoms with Gasteiger partial charge in [0, 0.05) is 35.1 Å². The molecule has 0 saturated heterocycles. The van der Waals surface area contributed by atoms with E-state index in [4.69, 9.17) is 23.2 Å². The van der Waals surface area contributed by atoms with Crippen molar-refractivity contribution in [2.45, 2.75) is 89.1 Å². The van der Waals surface area contributed by atoms with Crippen molar-refractivity contribution in [3.63, 3.8) is 0 Å². The zero-order valence-corrected chi connectivity index (χ0v) is 35.9. The molecular weight excluding hydrogens is 755 g/mol. The summed E-state index contributed by atoms with van der Waals surface area (Å²) in [6.45, 7) is 14.5. The van der Waals surface area contributed by atoms with Gasteiger partial charge in [-0.3, -0.25) is 4.79 Å². The number of fused-ring (bicyclic) bond motifs is 1. The number of carbonyl (C=O) groups excluding carboxylic acids is 2. The number of amides is 1. The van der Waals surface area contributed by atoms with E-state index >= 15 is 0 Å². The summed E-state index contributed by atoms with van der Waals surface area (Å²) in [6, 6.07) is 31.4. The first-order valence-electron chi connectivity index (χ1n) is 19.3. The van der Waals surface area contributed by atoms with Gasteiger partial charge in [0.05, 0.1) is 19.3 Å². The lowest BCUT2D eigenvalue weighted by Gasteiger charge is -2.37. The molecule has 0 bridgehead atoms. The number of cyclic esters (lactones) is 1. The molecule has 4 aromatic carbocycles. The Balaban J connectivity index is 1.46. The van der Waals surface area contributed by atoms with Crippen molar-refractivity contribution in [1.29, 1.82) is 0 Å². The van der Waals surface area contributed by atoms with Crippen LogP contribution in [-0.2, 0) is 25.6 Å². The first kappa shape index (κ1) is 41.7. The number of carbonyl (C=O) groups is 2. The highest BCUT2D eigenvalue weighted by Crippen LogP contribution is 2.44. The van der Waals surface area contributed by atoms with Crippen molar-refractivity contribution in [3.8, 4) is 11.5 Å². The summed E-state index contributed by atoms with van der Waals surface area (Å²) in [7, 11) is -0.812. The molecule has 0 unspecified atom stereocenters. The number of aryl methyl sites for hydroxylation is 1. The highest BCUT2D eigenvalue weighted by Gasteiger charge is 2.41. The standard InChI is InChI=1S/C45H53N3O7SSi/c1-30-38(51-6)26-39(55-57(7,8)44(3,4)5)36-28-56-29-37(42-46-31(2)48-54-42)47-40(49)25-24-35(53-43(50)41(30)36)27-52-45(32-18-12-9-13-19-32,33-20-14-10-15-21-33)34-22-16-11-17-23-34/h9-23,26,35,37H,24-25,27-29H2,1-8H3,(H,47,49)/t35-,37-/m0/s1. The van der Waals surface area contributed by atoms with Gasteiger partial charge in [-0.15, -0.1) is 0 Å². The van der Waals surface area contributed by atoms with Gasteiger partial charge in [-0.25, -0.2) is 4.79 Å². The minimum absolute atomic E-state index is 0.0234. The fourth-order valence-electron chi connectivity index (χ4n) is 6.78. The van der Waals surface area contributed by atoms with Crippen LogP contribution in [0.5, 0.6) is 11.5 Å². The minimum Gasteiger partial charge on any atom is -0.543 e. The quantitative estimate of drug-likeness (QED) is 0.0830. The van der Waals surface area contributed by atoms with Crippen molar-refractivity contribution in [3.05, 3.63) is 142 Å². The average Bonchev–Trinajstić information content (AvgIpc) is 3.64. The summed E-state index contributed by atoms with van der Waals surface area (Å²) in [5.74, 6) is 1.90. The predicted molar refractivity (Wildman–Crippen MR) is 225 cm³/mol. The van der Waals surface area contributed by atoms with E-state index in [9.17, 15) is 9.59 Å². The number of rotatable bonds is 10. The van der Waals surface area contributed by atoms with Crippen LogP contribution >= 0.6 is 11.8 Å². The van der Waals surface area contributed by atoms with Crippen LogP contribution in [0.3, 0.4) is 0 Å². The molecule has 300 valence electrons. The number of hydrogen-bond acceptors (Lipinski definition) is 10. The zero-order valence-electron chi connectivity index (χ0n) is 34.1. The molecule has 57 heavy (non-hydrogen) atoms. The van der Waals surface area contributed by atoms with Gasteiger partial charge < -0.3 is 28.5 Å². The van der Waals surface area contributed by atoms with Gasteiger partial charge in [-0.05, 0) is 55.1 Å². The van der Waals surface area contributed by atoms with Crippen LogP contribution in [0.15, 0.2) is 102 Å². The van der Waals surface area contributed by atoms with Crippen LogP contribution in [0.1, 0.15) is 89.5 Å². The highest BCUT2D eigenvalue weighted by molar-refractivity contribution is 7.98.